The van der Waals surface area contributed by atoms with Gasteiger partial charge in [0.1, 0.15) is 11.6 Å². The van der Waals surface area contributed by atoms with Crippen LogP contribution >= 0.6 is 0 Å². The van der Waals surface area contributed by atoms with Gasteiger partial charge in [-0.3, -0.25) is 4.79 Å². The molecule has 0 fully saturated rings. The Morgan fingerprint density at radius 1 is 0.929 bits per heavy atom. The van der Waals surface area contributed by atoms with Gasteiger partial charge >= 0.3 is 11.9 Å². The summed E-state index contributed by atoms with van der Waals surface area (Å²) in [6.07, 6.45) is 0.236. The van der Waals surface area contributed by atoms with Gasteiger partial charge in [0.2, 0.25) is 0 Å². The van der Waals surface area contributed by atoms with Gasteiger partial charge in [-0.25, -0.2) is 9.59 Å². The Bertz CT molecular complexity index is 822. The lowest BCUT2D eigenvalue weighted by Gasteiger charge is -2.20. The fraction of sp³-hybridized carbons (Fsp3) is 0.318. The Morgan fingerprint density at radius 2 is 1.54 bits per heavy atom. The van der Waals surface area contributed by atoms with Crippen molar-refractivity contribution in [1.29, 1.82) is 0 Å². The highest BCUT2D eigenvalue weighted by Crippen LogP contribution is 2.14. The van der Waals surface area contributed by atoms with E-state index >= 15 is 0 Å². The lowest BCUT2D eigenvalue weighted by Crippen LogP contribution is -2.43. The molecular formula is C22H25NO5. The van der Waals surface area contributed by atoms with E-state index in [1.165, 1.54) is 7.11 Å². The number of carbonyl (C=O) groups excluding carboxylic acids is 3. The number of esters is 2. The minimum absolute atomic E-state index is 0.236. The zero-order chi connectivity index (χ0) is 20.7. The Hall–Kier alpha value is -3.15. The maximum absolute atomic E-state index is 12.4. The van der Waals surface area contributed by atoms with Crippen molar-refractivity contribution in [2.75, 3.05) is 7.11 Å². The fourth-order valence-corrected chi connectivity index (χ4v) is 2.52. The van der Waals surface area contributed by atoms with Crippen molar-refractivity contribution >= 4 is 17.8 Å². The number of carbonyl (C=O) groups is 3. The molecular weight excluding hydrogens is 358 g/mol. The van der Waals surface area contributed by atoms with Crippen LogP contribution in [0.1, 0.15) is 47.1 Å². The Morgan fingerprint density at radius 3 is 2.07 bits per heavy atom. The van der Waals surface area contributed by atoms with Crippen LogP contribution in [0.3, 0.4) is 0 Å². The molecule has 0 aliphatic rings. The molecule has 0 aliphatic carbocycles. The van der Waals surface area contributed by atoms with Crippen LogP contribution in [0, 0.1) is 0 Å². The SMILES string of the molecule is COC(=O)[C@H](Cc1ccc(C(=O)OC(C)(C)C)cc1)NC(=O)c1ccccc1. The molecule has 0 radical (unpaired) electrons. The molecule has 6 heteroatoms. The maximum Gasteiger partial charge on any atom is 0.338 e. The molecule has 0 unspecified atom stereocenters. The summed E-state index contributed by atoms with van der Waals surface area (Å²) < 4.78 is 10.1. The molecule has 0 aliphatic heterocycles. The molecule has 148 valence electrons. The van der Waals surface area contributed by atoms with Crippen LogP contribution < -0.4 is 5.32 Å². The third-order valence-electron chi connectivity index (χ3n) is 3.86. The van der Waals surface area contributed by atoms with Gasteiger partial charge in [0, 0.05) is 12.0 Å². The zero-order valence-corrected chi connectivity index (χ0v) is 16.5. The minimum atomic E-state index is -0.843. The predicted octanol–water partition coefficient (Wildman–Crippen LogP) is 3.16. The largest absolute Gasteiger partial charge is 0.467 e. The molecule has 0 saturated heterocycles. The molecule has 2 aromatic rings. The van der Waals surface area contributed by atoms with Crippen LogP contribution in [0.4, 0.5) is 0 Å². The number of methoxy groups -OCH3 is 1. The minimum Gasteiger partial charge on any atom is -0.467 e. The first-order valence-electron chi connectivity index (χ1n) is 8.95. The van der Waals surface area contributed by atoms with Crippen LogP contribution in [0.5, 0.6) is 0 Å². The quantitative estimate of drug-likeness (QED) is 0.775. The van der Waals surface area contributed by atoms with E-state index in [2.05, 4.69) is 5.32 Å². The van der Waals surface area contributed by atoms with E-state index in [9.17, 15) is 14.4 Å². The topological polar surface area (TPSA) is 81.7 Å². The van der Waals surface area contributed by atoms with Crippen LogP contribution in [0.15, 0.2) is 54.6 Å². The van der Waals surface area contributed by atoms with E-state index in [1.807, 2.05) is 0 Å². The highest BCUT2D eigenvalue weighted by atomic mass is 16.6. The number of amides is 1. The van der Waals surface area contributed by atoms with Gasteiger partial charge in [-0.2, -0.15) is 0 Å². The van der Waals surface area contributed by atoms with E-state index in [4.69, 9.17) is 9.47 Å². The molecule has 2 aromatic carbocycles. The van der Waals surface area contributed by atoms with Crippen molar-refractivity contribution in [1.82, 2.24) is 5.32 Å². The van der Waals surface area contributed by atoms with Crippen molar-refractivity contribution in [2.45, 2.75) is 38.8 Å². The van der Waals surface area contributed by atoms with E-state index < -0.39 is 23.6 Å². The molecule has 0 aromatic heterocycles. The van der Waals surface area contributed by atoms with Crippen LogP contribution in [-0.4, -0.2) is 36.6 Å². The second-order valence-electron chi connectivity index (χ2n) is 7.32. The summed E-state index contributed by atoms with van der Waals surface area (Å²) in [5.41, 5.74) is 1.07. The summed E-state index contributed by atoms with van der Waals surface area (Å²) in [5.74, 6) is -1.32. The number of nitrogens with one attached hydrogen (secondary N) is 1. The summed E-state index contributed by atoms with van der Waals surface area (Å²) in [6, 6.07) is 14.5. The molecule has 0 heterocycles. The highest BCUT2D eigenvalue weighted by molar-refractivity contribution is 5.96. The normalized spacial score (nSPS) is 12.0. The summed E-state index contributed by atoms with van der Waals surface area (Å²) in [7, 11) is 1.27. The van der Waals surface area contributed by atoms with Gasteiger partial charge in [0.25, 0.3) is 5.91 Å². The number of benzene rings is 2. The van der Waals surface area contributed by atoms with E-state index in [0.29, 0.717) is 11.1 Å². The monoisotopic (exact) mass is 383 g/mol. The number of hydrogen-bond acceptors (Lipinski definition) is 5. The third kappa shape index (κ3) is 6.23. The maximum atomic E-state index is 12.4. The number of hydrogen-bond donors (Lipinski definition) is 1. The Labute approximate surface area is 164 Å². The van der Waals surface area contributed by atoms with Gasteiger partial charge in [-0.15, -0.1) is 0 Å². The number of ether oxygens (including phenoxy) is 2. The molecule has 0 bridgehead atoms. The van der Waals surface area contributed by atoms with Gasteiger partial charge in [-0.05, 0) is 50.6 Å². The van der Waals surface area contributed by atoms with Gasteiger partial charge in [0.05, 0.1) is 12.7 Å². The van der Waals surface area contributed by atoms with Crippen LogP contribution in [0.2, 0.25) is 0 Å². The summed E-state index contributed by atoms with van der Waals surface area (Å²) in [4.78, 5) is 36.6. The molecule has 1 atom stereocenters. The van der Waals surface area contributed by atoms with Gasteiger partial charge in [0.15, 0.2) is 0 Å². The summed E-state index contributed by atoms with van der Waals surface area (Å²) >= 11 is 0. The average Bonchev–Trinajstić information content (AvgIpc) is 2.66. The fourth-order valence-electron chi connectivity index (χ4n) is 2.52. The summed E-state index contributed by atoms with van der Waals surface area (Å²) in [5, 5.41) is 2.70. The van der Waals surface area contributed by atoms with E-state index in [0.717, 1.165) is 5.56 Å². The van der Waals surface area contributed by atoms with Crippen LogP contribution in [0.25, 0.3) is 0 Å². The molecule has 28 heavy (non-hydrogen) atoms. The Balaban J connectivity index is 2.09. The molecule has 0 saturated carbocycles. The first kappa shape index (κ1) is 21.2. The second kappa shape index (κ2) is 9.17. The molecule has 1 N–H and O–H groups in total. The van der Waals surface area contributed by atoms with Gasteiger partial charge in [-0.1, -0.05) is 30.3 Å². The average molecular weight is 383 g/mol. The predicted molar refractivity (Wildman–Crippen MR) is 105 cm³/mol. The molecule has 2 rings (SSSR count). The molecule has 0 spiro atoms. The van der Waals surface area contributed by atoms with Crippen LogP contribution in [-0.2, 0) is 20.7 Å². The lowest BCUT2D eigenvalue weighted by atomic mass is 10.0. The Kier molecular flexibility index (Phi) is 6.93. The van der Waals surface area contributed by atoms with Crippen molar-refractivity contribution in [3.05, 3.63) is 71.3 Å². The first-order chi connectivity index (χ1) is 13.2. The molecule has 1 amide bonds. The van der Waals surface area contributed by atoms with E-state index in [-0.39, 0.29) is 12.3 Å². The van der Waals surface area contributed by atoms with Crippen molar-refractivity contribution in [3.63, 3.8) is 0 Å². The zero-order valence-electron chi connectivity index (χ0n) is 16.5. The van der Waals surface area contributed by atoms with Crippen molar-refractivity contribution in [2.24, 2.45) is 0 Å². The smallest absolute Gasteiger partial charge is 0.338 e. The standard InChI is InChI=1S/C22H25NO5/c1-22(2,3)28-20(25)17-12-10-15(11-13-17)14-18(21(26)27-4)23-19(24)16-8-6-5-7-9-16/h5-13,18H,14H2,1-4H3,(H,23,24)/t18-/m0/s1. The van der Waals surface area contributed by atoms with Crippen molar-refractivity contribution < 1.29 is 23.9 Å². The lowest BCUT2D eigenvalue weighted by molar-refractivity contribution is -0.142. The number of rotatable bonds is 6. The van der Waals surface area contributed by atoms with Crippen molar-refractivity contribution in [3.8, 4) is 0 Å². The second-order valence-corrected chi connectivity index (χ2v) is 7.32. The van der Waals surface area contributed by atoms with E-state index in [1.54, 1.807) is 75.4 Å². The molecule has 6 nitrogen and oxygen atoms in total. The van der Waals surface area contributed by atoms with Gasteiger partial charge < -0.3 is 14.8 Å². The highest BCUT2D eigenvalue weighted by Gasteiger charge is 2.23. The summed E-state index contributed by atoms with van der Waals surface area (Å²) in [6.45, 7) is 5.40. The first-order valence-corrected chi connectivity index (χ1v) is 8.95. The third-order valence-corrected chi connectivity index (χ3v) is 3.86.